The van der Waals surface area contributed by atoms with Crippen LogP contribution in [-0.4, -0.2) is 117 Å². The monoisotopic (exact) mass is 567 g/mol. The molecule has 22 heteroatoms. The molecule has 1 aromatic heterocycles. The normalized spacial score (nSPS) is 38.4. The molecule has 1 aromatic rings. The lowest BCUT2D eigenvalue weighted by atomic mass is 10.00. The number of aliphatic hydroxyl groups is 6. The van der Waals surface area contributed by atoms with Crippen molar-refractivity contribution in [3.05, 3.63) is 27.0 Å². The molecule has 36 heavy (non-hydrogen) atoms. The predicted octanol–water partition coefficient (Wildman–Crippen LogP) is -5.40. The predicted molar refractivity (Wildman–Crippen MR) is 107 cm³/mol. The van der Waals surface area contributed by atoms with Crippen molar-refractivity contribution in [3.63, 3.8) is 0 Å². The molecule has 0 bridgehead atoms. The third-order valence-corrected chi connectivity index (χ3v) is 7.61. The lowest BCUT2D eigenvalue weighted by Gasteiger charge is -2.39. The van der Waals surface area contributed by atoms with Gasteiger partial charge in [0.05, 0.1) is 13.2 Å². The number of aromatic amines is 1. The molecule has 0 aliphatic carbocycles. The maximum absolute atomic E-state index is 12.1. The van der Waals surface area contributed by atoms with Crippen LogP contribution in [0.3, 0.4) is 0 Å². The molecule has 3 heterocycles. The van der Waals surface area contributed by atoms with E-state index < -0.39 is 95.4 Å². The number of aromatic nitrogens is 3. The van der Waals surface area contributed by atoms with E-state index in [1.807, 2.05) is 4.98 Å². The summed E-state index contributed by atoms with van der Waals surface area (Å²) in [5, 5.41) is 61.9. The van der Waals surface area contributed by atoms with Gasteiger partial charge in [0.15, 0.2) is 12.5 Å². The van der Waals surface area contributed by atoms with Gasteiger partial charge in [0.25, 0.3) is 5.56 Å². The molecule has 2 unspecified atom stereocenters. The Morgan fingerprint density at radius 2 is 1.58 bits per heavy atom. The third kappa shape index (κ3) is 6.51. The summed E-state index contributed by atoms with van der Waals surface area (Å²) in [6.45, 7) is -1.96. The van der Waals surface area contributed by atoms with Crippen LogP contribution in [0.25, 0.3) is 0 Å². The van der Waals surface area contributed by atoms with Crippen molar-refractivity contribution in [2.24, 2.45) is 0 Å². The Labute approximate surface area is 199 Å². The zero-order valence-electron chi connectivity index (χ0n) is 17.7. The van der Waals surface area contributed by atoms with Crippen molar-refractivity contribution in [2.45, 2.75) is 55.2 Å². The van der Waals surface area contributed by atoms with Crippen molar-refractivity contribution in [3.8, 4) is 0 Å². The van der Waals surface area contributed by atoms with Gasteiger partial charge in [-0.1, -0.05) is 0 Å². The second-order valence-electron chi connectivity index (χ2n) is 7.55. The maximum Gasteiger partial charge on any atom is 0.483 e. The maximum atomic E-state index is 12.1. The molecule has 0 amide bonds. The fourth-order valence-corrected chi connectivity index (χ4v) is 5.40. The van der Waals surface area contributed by atoms with Gasteiger partial charge in [0.1, 0.15) is 48.9 Å². The summed E-state index contributed by atoms with van der Waals surface area (Å²) in [4.78, 5) is 44.3. The Balaban J connectivity index is 1.61. The van der Waals surface area contributed by atoms with E-state index in [0.29, 0.717) is 10.9 Å². The highest BCUT2D eigenvalue weighted by Crippen LogP contribution is 2.61. The van der Waals surface area contributed by atoms with Gasteiger partial charge in [-0.05, 0) is 0 Å². The molecule has 2 saturated heterocycles. The van der Waals surface area contributed by atoms with E-state index in [0.717, 1.165) is 0 Å². The highest BCUT2D eigenvalue weighted by atomic mass is 31.3. The van der Waals surface area contributed by atoms with Crippen LogP contribution in [0.15, 0.2) is 15.8 Å². The Kier molecular flexibility index (Phi) is 8.99. The Hall–Kier alpha value is -1.45. The first-order chi connectivity index (χ1) is 16.7. The van der Waals surface area contributed by atoms with E-state index in [4.69, 9.17) is 14.6 Å². The van der Waals surface area contributed by atoms with Gasteiger partial charge in [-0.25, -0.2) is 13.9 Å². The largest absolute Gasteiger partial charge is 0.483 e. The number of phosphoric ester groups is 2. The Morgan fingerprint density at radius 1 is 0.944 bits per heavy atom. The minimum atomic E-state index is -5.60. The van der Waals surface area contributed by atoms with Crippen LogP contribution < -0.4 is 11.2 Å². The van der Waals surface area contributed by atoms with Gasteiger partial charge in [0, 0.05) is 0 Å². The minimum absolute atomic E-state index is 0.473. The number of aliphatic hydroxyl groups excluding tert-OH is 6. The van der Waals surface area contributed by atoms with E-state index in [1.165, 1.54) is 0 Å². The Morgan fingerprint density at radius 3 is 2.19 bits per heavy atom. The molecule has 0 radical (unpaired) electrons. The zero-order valence-corrected chi connectivity index (χ0v) is 19.5. The molecule has 2 aliphatic rings. The summed E-state index contributed by atoms with van der Waals surface area (Å²) in [6.07, 6.45) is -15.9. The molecular formula is C14H23N3O17P2. The molecule has 206 valence electrons. The number of nitrogens with zero attached hydrogens (tertiary/aromatic N) is 2. The number of hydrogen-bond acceptors (Lipinski definition) is 16. The first-order valence-corrected chi connectivity index (χ1v) is 12.8. The van der Waals surface area contributed by atoms with Crippen molar-refractivity contribution in [2.75, 3.05) is 13.2 Å². The average Bonchev–Trinajstić information content (AvgIpc) is 3.06. The highest BCUT2D eigenvalue weighted by Gasteiger charge is 2.49. The molecule has 2 aliphatic heterocycles. The number of ether oxygens (including phenoxy) is 2. The second-order valence-corrected chi connectivity index (χ2v) is 10.5. The summed E-state index contributed by atoms with van der Waals surface area (Å²) in [5.41, 5.74) is -1.97. The Bertz CT molecular complexity index is 1130. The number of H-pyrrole nitrogens is 1. The summed E-state index contributed by atoms with van der Waals surface area (Å²) in [7, 11) is -11.1. The standard InChI is InChI=1S/C14H23N3O17P2/c18-2-4-7(20)9(22)11(24)13(32-4)33-36(28,29)34-35(26,27)30-3-5-8(21)10(23)12(31-5)17-14(25)16-6(19)1-15-17/h1,4-5,7-13,18,20-24H,2-3H2,(H,26,27)(H,28,29)(H,16,19,25)/t4-,5-,7+,8+,9+,10+,11+,12-,13+/m0/s1. The number of rotatable bonds is 9. The van der Waals surface area contributed by atoms with E-state index in [1.54, 1.807) is 0 Å². The molecule has 0 aromatic carbocycles. The molecule has 9 N–H and O–H groups in total. The summed E-state index contributed by atoms with van der Waals surface area (Å²) < 4.78 is 47.7. The molecule has 11 atom stereocenters. The van der Waals surface area contributed by atoms with Crippen LogP contribution in [0.5, 0.6) is 0 Å². The lowest BCUT2D eigenvalue weighted by Crippen LogP contribution is -2.58. The number of phosphoric acid groups is 2. The van der Waals surface area contributed by atoms with Gasteiger partial charge in [-0.2, -0.15) is 14.1 Å². The minimum Gasteiger partial charge on any atom is -0.394 e. The quantitative estimate of drug-likeness (QED) is 0.126. The SMILES string of the molecule is O=c1cnn([C@H]2O[C@@H](COP(=O)(O)OP(=O)(O)O[C@H]3O[C@@H](CO)[C@@H](O)[C@@H](O)[C@H]3O)[C@@H](O)[C@H]2O)c(=O)[nH]1. The van der Waals surface area contributed by atoms with Gasteiger partial charge in [-0.15, -0.1) is 0 Å². The van der Waals surface area contributed by atoms with Crippen LogP contribution in [-0.2, 0) is 32.0 Å². The number of nitrogens with one attached hydrogen (secondary N) is 1. The lowest BCUT2D eigenvalue weighted by molar-refractivity contribution is -0.280. The molecule has 2 fully saturated rings. The van der Waals surface area contributed by atoms with Crippen LogP contribution in [0.1, 0.15) is 6.23 Å². The van der Waals surface area contributed by atoms with Crippen LogP contribution in [0.4, 0.5) is 0 Å². The molecule has 3 rings (SSSR count). The number of hydrogen-bond donors (Lipinski definition) is 9. The van der Waals surface area contributed by atoms with Crippen molar-refractivity contribution in [1.82, 2.24) is 14.8 Å². The van der Waals surface area contributed by atoms with E-state index in [9.17, 15) is 54.0 Å². The van der Waals surface area contributed by atoms with E-state index in [-0.39, 0.29) is 0 Å². The van der Waals surface area contributed by atoms with Crippen molar-refractivity contribution < 1.29 is 72.4 Å². The van der Waals surface area contributed by atoms with Crippen LogP contribution in [0, 0.1) is 0 Å². The molecular weight excluding hydrogens is 544 g/mol. The topological polar surface area (TPSA) is 310 Å². The van der Waals surface area contributed by atoms with E-state index >= 15 is 0 Å². The molecule has 0 saturated carbocycles. The van der Waals surface area contributed by atoms with Crippen LogP contribution in [0.2, 0.25) is 0 Å². The highest BCUT2D eigenvalue weighted by molar-refractivity contribution is 7.61. The average molecular weight is 567 g/mol. The first-order valence-electron chi connectivity index (χ1n) is 9.86. The van der Waals surface area contributed by atoms with E-state index in [2.05, 4.69) is 18.5 Å². The fourth-order valence-electron chi connectivity index (χ4n) is 3.24. The van der Waals surface area contributed by atoms with Crippen molar-refractivity contribution in [1.29, 1.82) is 0 Å². The summed E-state index contributed by atoms with van der Waals surface area (Å²) >= 11 is 0. The first kappa shape index (κ1) is 29.1. The van der Waals surface area contributed by atoms with Gasteiger partial charge < -0.3 is 49.9 Å². The van der Waals surface area contributed by atoms with Gasteiger partial charge >= 0.3 is 21.3 Å². The zero-order chi connectivity index (χ0) is 27.0. The third-order valence-electron chi connectivity index (χ3n) is 5.01. The molecule has 20 nitrogen and oxygen atoms in total. The fraction of sp³-hybridized carbons (Fsp3) is 0.786. The summed E-state index contributed by atoms with van der Waals surface area (Å²) in [5.74, 6) is 0. The van der Waals surface area contributed by atoms with Gasteiger partial charge in [0.2, 0.25) is 0 Å². The molecule has 0 spiro atoms. The smallest absolute Gasteiger partial charge is 0.394 e. The van der Waals surface area contributed by atoms with Gasteiger partial charge in [-0.3, -0.25) is 18.8 Å². The second kappa shape index (κ2) is 11.1. The summed E-state index contributed by atoms with van der Waals surface area (Å²) in [6, 6.07) is 0. The van der Waals surface area contributed by atoms with Crippen LogP contribution >= 0.6 is 15.6 Å². The van der Waals surface area contributed by atoms with Crippen molar-refractivity contribution >= 4 is 15.6 Å².